The normalized spacial score (nSPS) is 27.5. The summed E-state index contributed by atoms with van der Waals surface area (Å²) in [6.07, 6.45) is 3.66. The average Bonchev–Trinajstić information content (AvgIpc) is 2.57. The quantitative estimate of drug-likeness (QED) is 0.659. The molecule has 0 radical (unpaired) electrons. The second kappa shape index (κ2) is 2.57. The van der Waals surface area contributed by atoms with E-state index in [0.717, 1.165) is 17.7 Å². The van der Waals surface area contributed by atoms with Crippen LogP contribution in [0.2, 0.25) is 0 Å². The predicted molar refractivity (Wildman–Crippen MR) is 42.4 cm³/mol. The Morgan fingerprint density at radius 1 is 1.75 bits per heavy atom. The first-order chi connectivity index (χ1) is 5.76. The fraction of sp³-hybridized carbons (Fsp3) is 0.625. The molecule has 0 aromatic carbocycles. The Balaban J connectivity index is 2.31. The number of aromatic nitrogens is 1. The van der Waals surface area contributed by atoms with Crippen molar-refractivity contribution in [2.45, 2.75) is 24.9 Å². The lowest BCUT2D eigenvalue weighted by atomic mass is 9.95. The fourth-order valence-corrected chi connectivity index (χ4v) is 1.78. The van der Waals surface area contributed by atoms with Crippen LogP contribution in [0.25, 0.3) is 0 Å². The van der Waals surface area contributed by atoms with E-state index in [1.807, 2.05) is 0 Å². The molecule has 0 saturated carbocycles. The summed E-state index contributed by atoms with van der Waals surface area (Å²) in [5.74, 6) is 0.811. The van der Waals surface area contributed by atoms with Gasteiger partial charge in [0.2, 0.25) is 0 Å². The zero-order valence-corrected chi connectivity index (χ0v) is 6.79. The molecule has 0 saturated heterocycles. The van der Waals surface area contributed by atoms with Gasteiger partial charge in [0.15, 0.2) is 0 Å². The molecule has 2 rings (SSSR count). The van der Waals surface area contributed by atoms with Crippen LogP contribution >= 0.6 is 0 Å². The molecule has 1 aliphatic carbocycles. The van der Waals surface area contributed by atoms with Gasteiger partial charge in [-0.25, -0.2) is 0 Å². The molecule has 0 aliphatic heterocycles. The average molecular weight is 168 g/mol. The van der Waals surface area contributed by atoms with Gasteiger partial charge in [0.05, 0.1) is 11.8 Å². The van der Waals surface area contributed by atoms with Crippen LogP contribution in [0.1, 0.15) is 24.2 Å². The maximum atomic E-state index is 10.1. The number of nitrogens with two attached hydrogens (primary N) is 1. The van der Waals surface area contributed by atoms with E-state index in [4.69, 9.17) is 10.3 Å². The van der Waals surface area contributed by atoms with Crippen LogP contribution in [0.4, 0.5) is 0 Å². The Kier molecular flexibility index (Phi) is 1.66. The van der Waals surface area contributed by atoms with E-state index < -0.39 is 5.60 Å². The van der Waals surface area contributed by atoms with Crippen molar-refractivity contribution in [1.82, 2.24) is 5.16 Å². The van der Waals surface area contributed by atoms with Crippen molar-refractivity contribution < 1.29 is 9.63 Å². The first-order valence-corrected chi connectivity index (χ1v) is 4.13. The molecule has 1 unspecified atom stereocenters. The van der Waals surface area contributed by atoms with Gasteiger partial charge in [0, 0.05) is 12.0 Å². The molecule has 1 aliphatic rings. The van der Waals surface area contributed by atoms with E-state index in [9.17, 15) is 5.11 Å². The van der Waals surface area contributed by atoms with Crippen LogP contribution in [0.15, 0.2) is 10.7 Å². The van der Waals surface area contributed by atoms with Gasteiger partial charge >= 0.3 is 0 Å². The Hall–Kier alpha value is -0.870. The monoisotopic (exact) mass is 168 g/mol. The largest absolute Gasteiger partial charge is 0.385 e. The van der Waals surface area contributed by atoms with Crippen molar-refractivity contribution in [1.29, 1.82) is 0 Å². The Morgan fingerprint density at radius 2 is 2.58 bits per heavy atom. The second-order valence-corrected chi connectivity index (χ2v) is 3.23. The van der Waals surface area contributed by atoms with E-state index in [0.29, 0.717) is 19.4 Å². The number of aliphatic hydroxyl groups is 1. The van der Waals surface area contributed by atoms with Gasteiger partial charge in [-0.15, -0.1) is 0 Å². The summed E-state index contributed by atoms with van der Waals surface area (Å²) in [6.45, 7) is 0.487. The number of nitrogens with zero attached hydrogens (tertiary/aromatic N) is 1. The second-order valence-electron chi connectivity index (χ2n) is 3.23. The lowest BCUT2D eigenvalue weighted by Gasteiger charge is -2.20. The molecule has 1 aromatic rings. The molecule has 0 spiro atoms. The molecule has 66 valence electrons. The van der Waals surface area contributed by atoms with Crippen molar-refractivity contribution in [3.05, 3.63) is 17.5 Å². The number of aryl methyl sites for hydroxylation is 1. The summed E-state index contributed by atoms with van der Waals surface area (Å²) in [7, 11) is 0. The Labute approximate surface area is 70.3 Å². The molecule has 1 aromatic heterocycles. The molecule has 1 heterocycles. The van der Waals surface area contributed by atoms with Crippen LogP contribution in [-0.2, 0) is 12.0 Å². The Bertz CT molecular complexity index is 284. The van der Waals surface area contributed by atoms with Gasteiger partial charge in [0.25, 0.3) is 0 Å². The number of hydrogen-bond donors (Lipinski definition) is 2. The minimum atomic E-state index is -0.774. The number of hydrogen-bond acceptors (Lipinski definition) is 4. The molecular formula is C8H12N2O2. The highest BCUT2D eigenvalue weighted by Gasteiger charge is 2.38. The molecule has 4 heteroatoms. The minimum absolute atomic E-state index is 0.487. The third-order valence-corrected chi connectivity index (χ3v) is 2.47. The molecule has 3 N–H and O–H groups in total. The summed E-state index contributed by atoms with van der Waals surface area (Å²) in [4.78, 5) is 0. The summed E-state index contributed by atoms with van der Waals surface area (Å²) in [6, 6.07) is 0. The van der Waals surface area contributed by atoms with E-state index in [1.54, 1.807) is 6.20 Å². The molecule has 0 bridgehead atoms. The zero-order valence-electron chi connectivity index (χ0n) is 6.79. The van der Waals surface area contributed by atoms with Gasteiger partial charge in [-0.2, -0.15) is 0 Å². The van der Waals surface area contributed by atoms with E-state index in [-0.39, 0.29) is 0 Å². The van der Waals surface area contributed by atoms with Crippen molar-refractivity contribution in [2.75, 3.05) is 6.54 Å². The smallest absolute Gasteiger partial charge is 0.142 e. The van der Waals surface area contributed by atoms with Crippen LogP contribution in [0.5, 0.6) is 0 Å². The summed E-state index contributed by atoms with van der Waals surface area (Å²) in [5.41, 5.74) is 5.46. The van der Waals surface area contributed by atoms with E-state index in [2.05, 4.69) is 5.16 Å². The highest BCUT2D eigenvalue weighted by atomic mass is 16.5. The SMILES string of the molecule is NCCC1(O)CCc2oncc21. The van der Waals surface area contributed by atoms with Gasteiger partial charge in [-0.3, -0.25) is 0 Å². The first kappa shape index (κ1) is 7.76. The fourth-order valence-electron chi connectivity index (χ4n) is 1.78. The standard InChI is InChI=1S/C8H12N2O2/c9-4-3-8(11)2-1-7-6(8)5-10-12-7/h5,11H,1-4,9H2. The van der Waals surface area contributed by atoms with Crippen LogP contribution in [0, 0.1) is 0 Å². The van der Waals surface area contributed by atoms with Crippen LogP contribution in [-0.4, -0.2) is 16.8 Å². The van der Waals surface area contributed by atoms with Gasteiger partial charge in [-0.05, 0) is 19.4 Å². The molecular weight excluding hydrogens is 156 g/mol. The third kappa shape index (κ3) is 0.956. The molecule has 1 atom stereocenters. The maximum Gasteiger partial charge on any atom is 0.142 e. The van der Waals surface area contributed by atoms with Crippen molar-refractivity contribution in [3.8, 4) is 0 Å². The molecule has 0 fully saturated rings. The van der Waals surface area contributed by atoms with Gasteiger partial charge < -0.3 is 15.4 Å². The number of rotatable bonds is 2. The zero-order chi connectivity index (χ0) is 8.60. The van der Waals surface area contributed by atoms with E-state index >= 15 is 0 Å². The molecule has 0 amide bonds. The Morgan fingerprint density at radius 3 is 3.33 bits per heavy atom. The van der Waals surface area contributed by atoms with Crippen molar-refractivity contribution in [2.24, 2.45) is 5.73 Å². The maximum absolute atomic E-state index is 10.1. The summed E-state index contributed by atoms with van der Waals surface area (Å²) in [5, 5.41) is 13.7. The van der Waals surface area contributed by atoms with Crippen LogP contribution in [0.3, 0.4) is 0 Å². The highest BCUT2D eigenvalue weighted by molar-refractivity contribution is 5.27. The number of fused-ring (bicyclic) bond motifs is 1. The lowest BCUT2D eigenvalue weighted by molar-refractivity contribution is 0.0318. The summed E-state index contributed by atoms with van der Waals surface area (Å²) >= 11 is 0. The lowest BCUT2D eigenvalue weighted by Crippen LogP contribution is -2.25. The topological polar surface area (TPSA) is 72.3 Å². The van der Waals surface area contributed by atoms with Crippen molar-refractivity contribution in [3.63, 3.8) is 0 Å². The first-order valence-electron chi connectivity index (χ1n) is 4.13. The molecule has 4 nitrogen and oxygen atoms in total. The summed E-state index contributed by atoms with van der Waals surface area (Å²) < 4.78 is 4.97. The highest BCUT2D eigenvalue weighted by Crippen LogP contribution is 2.38. The minimum Gasteiger partial charge on any atom is -0.385 e. The predicted octanol–water partition coefficient (Wildman–Crippen LogP) is 0.157. The van der Waals surface area contributed by atoms with Crippen molar-refractivity contribution >= 4 is 0 Å². The molecule has 12 heavy (non-hydrogen) atoms. The van der Waals surface area contributed by atoms with Gasteiger partial charge in [0.1, 0.15) is 5.76 Å². The van der Waals surface area contributed by atoms with E-state index in [1.165, 1.54) is 0 Å². The third-order valence-electron chi connectivity index (χ3n) is 2.47. The van der Waals surface area contributed by atoms with Gasteiger partial charge in [-0.1, -0.05) is 5.16 Å². The van der Waals surface area contributed by atoms with Crippen LogP contribution < -0.4 is 5.73 Å².